The second-order valence-corrected chi connectivity index (χ2v) is 0. The van der Waals surface area contributed by atoms with Crippen LogP contribution in [0.25, 0.3) is 0 Å². The van der Waals surface area contributed by atoms with Gasteiger partial charge in [0.15, 0.2) is 0 Å². The van der Waals surface area contributed by atoms with Gasteiger partial charge in [0.2, 0.25) is 0 Å². The van der Waals surface area contributed by atoms with Gasteiger partial charge in [0.25, 0.3) is 0 Å². The Bertz CT molecular complexity index is 13.8. The maximum Gasteiger partial charge on any atom is 1.00 e. The van der Waals surface area contributed by atoms with E-state index in [1.165, 1.54) is 0 Å². The molecule has 0 saturated carbocycles. The quantitative estimate of drug-likeness (QED) is 0.227. The van der Waals surface area contributed by atoms with Crippen LogP contribution in [0.15, 0.2) is 0 Å². The molecule has 0 nitrogen and oxygen atoms in total. The van der Waals surface area contributed by atoms with Crippen molar-refractivity contribution in [3.63, 3.8) is 0 Å². The average molecular weight is 1020 g/mol. The SMILES string of the molecule is [Rb+].[Rb+].[Rb+].[Rb+].[Rb+].[Rb+].[Rb+].[Rb+].[Rb+].[Rb+].[S-2].[S-2].[S-2].[S-2].[S-2]. The van der Waals surface area contributed by atoms with Gasteiger partial charge in [0, 0.05) is 0 Å². The zero-order valence-electron chi connectivity index (χ0n) is 12.0. The van der Waals surface area contributed by atoms with Crippen molar-refractivity contribution >= 4 is 67.5 Å². The van der Waals surface area contributed by atoms with E-state index in [-0.39, 0.29) is 649 Å². The summed E-state index contributed by atoms with van der Waals surface area (Å²) in [5.41, 5.74) is 0. The molecule has 0 rings (SSSR count). The fraction of sp³-hybridized carbons (Fsp3) is 0. The first-order valence-electron chi connectivity index (χ1n) is 0. The summed E-state index contributed by atoms with van der Waals surface area (Å²) in [5, 5.41) is 0. The largest absolute Gasteiger partial charge is 2.00 e. The molecule has 0 aromatic carbocycles. The standard InChI is InChI=1S/10Rb.5S/q10*+1;5*-2. The normalized spacial score (nSPS) is 0. The molecular formula is Rb10S5. The molecule has 0 heterocycles. The molecule has 0 spiro atoms. The summed E-state index contributed by atoms with van der Waals surface area (Å²) in [5.74, 6) is 0. The predicted octanol–water partition coefficient (Wildman–Crippen LogP) is -30.0. The van der Waals surface area contributed by atoms with E-state index < -0.39 is 0 Å². The van der Waals surface area contributed by atoms with Gasteiger partial charge >= 0.3 is 582 Å². The van der Waals surface area contributed by atoms with E-state index in [9.17, 15) is 0 Å². The Hall–Kier alpha value is 19.8. The van der Waals surface area contributed by atoms with Crippen LogP contribution in [0.1, 0.15) is 0 Å². The van der Waals surface area contributed by atoms with Crippen LogP contribution in [-0.4, -0.2) is 0 Å². The van der Waals surface area contributed by atoms with E-state index in [1.807, 2.05) is 0 Å². The second-order valence-electron chi connectivity index (χ2n) is 0. The summed E-state index contributed by atoms with van der Waals surface area (Å²) >= 11 is 0. The fourth-order valence-electron chi connectivity index (χ4n) is 0. The minimum atomic E-state index is 0. The van der Waals surface area contributed by atoms with Crippen molar-refractivity contribution < 1.29 is 582 Å². The Labute approximate surface area is 620 Å². The topological polar surface area (TPSA) is 0 Å². The minimum absolute atomic E-state index is 0. The molecule has 0 unspecified atom stereocenters. The first kappa shape index (κ1) is 101. The summed E-state index contributed by atoms with van der Waals surface area (Å²) < 4.78 is 0. The van der Waals surface area contributed by atoms with Crippen molar-refractivity contribution in [3.8, 4) is 0 Å². The summed E-state index contributed by atoms with van der Waals surface area (Å²) in [6, 6.07) is 0. The number of rotatable bonds is 0. The maximum absolute atomic E-state index is 0. The van der Waals surface area contributed by atoms with Crippen LogP contribution in [-0.2, 0) is 67.5 Å². The maximum atomic E-state index is 0. The van der Waals surface area contributed by atoms with E-state index in [1.54, 1.807) is 0 Å². The van der Waals surface area contributed by atoms with Gasteiger partial charge in [-0.1, -0.05) is 0 Å². The minimum Gasteiger partial charge on any atom is -2.00 e. The molecule has 15 heteroatoms. The van der Waals surface area contributed by atoms with Crippen LogP contribution < -0.4 is 582 Å². The van der Waals surface area contributed by atoms with Crippen LogP contribution in [0.4, 0.5) is 0 Å². The molecule has 0 radical (unpaired) electrons. The van der Waals surface area contributed by atoms with Crippen molar-refractivity contribution in [3.05, 3.63) is 0 Å². The Morgan fingerprint density at radius 1 is 0.133 bits per heavy atom. The van der Waals surface area contributed by atoms with Gasteiger partial charge in [0.05, 0.1) is 0 Å². The van der Waals surface area contributed by atoms with Crippen molar-refractivity contribution in [2.45, 2.75) is 0 Å². The Morgan fingerprint density at radius 2 is 0.133 bits per heavy atom. The smallest absolute Gasteiger partial charge is 1.00 e. The summed E-state index contributed by atoms with van der Waals surface area (Å²) in [4.78, 5) is 0. The van der Waals surface area contributed by atoms with E-state index >= 15 is 0 Å². The third kappa shape index (κ3) is 87.2. The van der Waals surface area contributed by atoms with Gasteiger partial charge in [-0.2, -0.15) is 0 Å². The van der Waals surface area contributed by atoms with Crippen LogP contribution in [0, 0.1) is 0 Å². The van der Waals surface area contributed by atoms with Crippen molar-refractivity contribution in [2.24, 2.45) is 0 Å². The molecule has 0 bridgehead atoms. The van der Waals surface area contributed by atoms with Gasteiger partial charge in [-0.3, -0.25) is 0 Å². The van der Waals surface area contributed by atoms with Crippen LogP contribution in [0.2, 0.25) is 0 Å². The first-order chi connectivity index (χ1) is 0. The monoisotopic (exact) mass is 1010 g/mol. The molecule has 0 amide bonds. The van der Waals surface area contributed by atoms with E-state index in [4.69, 9.17) is 0 Å². The first-order valence-corrected chi connectivity index (χ1v) is 0. The zero-order valence-corrected chi connectivity index (χ0v) is 65.3. The fourth-order valence-corrected chi connectivity index (χ4v) is 0. The molecule has 0 aliphatic rings. The van der Waals surface area contributed by atoms with Crippen LogP contribution in [0.5, 0.6) is 0 Å². The Balaban J connectivity index is 0. The van der Waals surface area contributed by atoms with Gasteiger partial charge in [-0.25, -0.2) is 0 Å². The molecule has 15 heavy (non-hydrogen) atoms. The molecule has 0 aliphatic carbocycles. The summed E-state index contributed by atoms with van der Waals surface area (Å²) in [7, 11) is 0. The molecule has 0 atom stereocenters. The van der Waals surface area contributed by atoms with Crippen molar-refractivity contribution in [2.75, 3.05) is 0 Å². The number of hydrogen-bond acceptors (Lipinski definition) is 0. The molecule has 0 aromatic heterocycles. The van der Waals surface area contributed by atoms with Gasteiger partial charge in [-0.15, -0.1) is 0 Å². The van der Waals surface area contributed by atoms with Gasteiger partial charge in [0.1, 0.15) is 0 Å². The predicted molar refractivity (Wildman–Crippen MR) is 36.8 cm³/mol. The molecule has 0 aliphatic heterocycles. The average Bonchev–Trinajstić information content (AvgIpc) is 0. The second kappa shape index (κ2) is 92.8. The van der Waals surface area contributed by atoms with Crippen LogP contribution in [0.3, 0.4) is 0 Å². The molecule has 0 saturated heterocycles. The Kier molecular flexibility index (Phi) is 627. The van der Waals surface area contributed by atoms with E-state index in [0.29, 0.717) is 0 Å². The van der Waals surface area contributed by atoms with Crippen LogP contribution >= 0.6 is 0 Å². The molecular weight excluding hydrogens is 1020 g/mol. The third-order valence-electron chi connectivity index (χ3n) is 0. The molecule has 0 fully saturated rings. The summed E-state index contributed by atoms with van der Waals surface area (Å²) in [6.45, 7) is 0. The zero-order chi connectivity index (χ0) is 0. The third-order valence-corrected chi connectivity index (χ3v) is 0. The van der Waals surface area contributed by atoms with E-state index in [2.05, 4.69) is 0 Å². The molecule has 0 N–H and O–H groups in total. The van der Waals surface area contributed by atoms with Crippen molar-refractivity contribution in [1.29, 1.82) is 0 Å². The molecule has 40 valence electrons. The Morgan fingerprint density at radius 3 is 0.133 bits per heavy atom. The summed E-state index contributed by atoms with van der Waals surface area (Å²) in [6.07, 6.45) is 0. The van der Waals surface area contributed by atoms with E-state index in [0.717, 1.165) is 0 Å². The molecule has 0 aromatic rings. The van der Waals surface area contributed by atoms with Crippen molar-refractivity contribution in [1.82, 2.24) is 0 Å². The van der Waals surface area contributed by atoms with Gasteiger partial charge in [-0.05, 0) is 0 Å². The number of hydrogen-bond donors (Lipinski definition) is 0. The van der Waals surface area contributed by atoms with Gasteiger partial charge < -0.3 is 67.5 Å².